The van der Waals surface area contributed by atoms with Crippen LogP contribution in [-0.2, 0) is 6.42 Å². The van der Waals surface area contributed by atoms with E-state index in [2.05, 4.69) is 5.32 Å². The van der Waals surface area contributed by atoms with Crippen LogP contribution >= 0.6 is 23.2 Å². The van der Waals surface area contributed by atoms with Crippen LogP contribution in [0.25, 0.3) is 11.0 Å². The zero-order valence-electron chi connectivity index (χ0n) is 9.22. The number of fused-ring (bicyclic) bond motifs is 3. The second kappa shape index (κ2) is 4.07. The summed E-state index contributed by atoms with van der Waals surface area (Å²) < 4.78 is 5.51. The molecular weight excluding hydrogens is 277 g/mol. The Morgan fingerprint density at radius 3 is 2.94 bits per heavy atom. The van der Waals surface area contributed by atoms with Gasteiger partial charge in [0.05, 0.1) is 10.0 Å². The van der Waals surface area contributed by atoms with E-state index in [9.17, 15) is 9.90 Å². The van der Waals surface area contributed by atoms with Crippen molar-refractivity contribution < 1.29 is 14.3 Å². The number of aromatic hydroxyl groups is 1. The Morgan fingerprint density at radius 2 is 2.17 bits per heavy atom. The molecule has 0 atom stereocenters. The number of aryl methyl sites for hydroxylation is 1. The van der Waals surface area contributed by atoms with Gasteiger partial charge in [0.1, 0.15) is 5.58 Å². The molecular formula is C12H9Cl2NO3. The fourth-order valence-corrected chi connectivity index (χ4v) is 2.75. The Kier molecular flexibility index (Phi) is 2.64. The van der Waals surface area contributed by atoms with Gasteiger partial charge < -0.3 is 14.8 Å². The van der Waals surface area contributed by atoms with Gasteiger partial charge in [0, 0.05) is 23.6 Å². The fourth-order valence-electron chi connectivity index (χ4n) is 2.20. The molecule has 0 bridgehead atoms. The minimum absolute atomic E-state index is 0.108. The van der Waals surface area contributed by atoms with Crippen LogP contribution in [0.5, 0.6) is 5.75 Å². The number of halogens is 2. The highest BCUT2D eigenvalue weighted by atomic mass is 35.5. The van der Waals surface area contributed by atoms with E-state index < -0.39 is 0 Å². The van der Waals surface area contributed by atoms with Crippen LogP contribution < -0.4 is 5.32 Å². The van der Waals surface area contributed by atoms with Crippen molar-refractivity contribution in [2.75, 3.05) is 6.54 Å². The van der Waals surface area contributed by atoms with Gasteiger partial charge in [-0.1, -0.05) is 23.2 Å². The Bertz CT molecular complexity index is 663. The first-order valence-electron chi connectivity index (χ1n) is 5.50. The van der Waals surface area contributed by atoms with Crippen LogP contribution in [0.4, 0.5) is 0 Å². The van der Waals surface area contributed by atoms with E-state index in [1.54, 1.807) is 0 Å². The van der Waals surface area contributed by atoms with Crippen LogP contribution in [-0.4, -0.2) is 17.6 Å². The number of carbonyl (C=O) groups excluding carboxylic acids is 1. The second-order valence-electron chi connectivity index (χ2n) is 4.16. The minimum atomic E-state index is -0.259. The molecule has 1 aromatic heterocycles. The zero-order valence-corrected chi connectivity index (χ0v) is 10.7. The summed E-state index contributed by atoms with van der Waals surface area (Å²) in [5.74, 6) is -0.185. The van der Waals surface area contributed by atoms with E-state index in [1.807, 2.05) is 0 Å². The molecule has 6 heteroatoms. The minimum Gasteiger partial charge on any atom is -0.505 e. The Balaban J connectivity index is 2.38. The molecule has 0 radical (unpaired) electrons. The van der Waals surface area contributed by atoms with Crippen molar-refractivity contribution in [3.63, 3.8) is 0 Å². The first kappa shape index (κ1) is 11.7. The third-order valence-corrected chi connectivity index (χ3v) is 3.70. The van der Waals surface area contributed by atoms with Crippen LogP contribution in [0.15, 0.2) is 10.5 Å². The second-order valence-corrected chi connectivity index (χ2v) is 4.95. The van der Waals surface area contributed by atoms with Crippen molar-refractivity contribution in [2.45, 2.75) is 12.8 Å². The lowest BCUT2D eigenvalue weighted by Crippen LogP contribution is -2.22. The predicted molar refractivity (Wildman–Crippen MR) is 68.6 cm³/mol. The molecule has 1 amide bonds. The molecule has 3 rings (SSSR count). The maximum atomic E-state index is 11.8. The highest BCUT2D eigenvalue weighted by Gasteiger charge is 2.26. The molecule has 1 aromatic carbocycles. The number of phenols is 1. The normalized spacial score (nSPS) is 15.3. The summed E-state index contributed by atoms with van der Waals surface area (Å²) in [7, 11) is 0. The van der Waals surface area contributed by atoms with E-state index in [0.29, 0.717) is 23.9 Å². The van der Waals surface area contributed by atoms with Crippen molar-refractivity contribution >= 4 is 40.1 Å². The third kappa shape index (κ3) is 1.56. The molecule has 4 nitrogen and oxygen atoms in total. The number of phenolic OH excluding ortho intramolecular Hbond substituents is 1. The first-order valence-corrected chi connectivity index (χ1v) is 6.25. The Morgan fingerprint density at radius 1 is 1.39 bits per heavy atom. The van der Waals surface area contributed by atoms with Gasteiger partial charge >= 0.3 is 0 Å². The average molecular weight is 286 g/mol. The SMILES string of the molecule is O=C1NCCCc2c1oc1cc(Cl)c(O)c(Cl)c21. The van der Waals surface area contributed by atoms with Crippen LogP contribution in [0.2, 0.25) is 10.0 Å². The monoisotopic (exact) mass is 285 g/mol. The quantitative estimate of drug-likeness (QED) is 0.782. The Hall–Kier alpha value is -1.39. The summed E-state index contributed by atoms with van der Waals surface area (Å²) in [5.41, 5.74) is 1.15. The van der Waals surface area contributed by atoms with Gasteiger partial charge in [0.2, 0.25) is 0 Å². The number of furan rings is 1. The summed E-state index contributed by atoms with van der Waals surface area (Å²) in [5, 5.41) is 13.3. The highest BCUT2D eigenvalue weighted by Crippen LogP contribution is 2.42. The number of amides is 1. The molecule has 0 spiro atoms. The number of hydrogen-bond donors (Lipinski definition) is 2. The molecule has 0 unspecified atom stereocenters. The maximum absolute atomic E-state index is 11.8. The van der Waals surface area contributed by atoms with Crippen molar-refractivity contribution in [1.82, 2.24) is 5.32 Å². The summed E-state index contributed by atoms with van der Waals surface area (Å²) in [6, 6.07) is 1.47. The van der Waals surface area contributed by atoms with Crippen molar-refractivity contribution in [3.8, 4) is 5.75 Å². The van der Waals surface area contributed by atoms with Gasteiger partial charge in [0.15, 0.2) is 11.5 Å². The van der Waals surface area contributed by atoms with Crippen molar-refractivity contribution in [2.24, 2.45) is 0 Å². The zero-order chi connectivity index (χ0) is 12.9. The smallest absolute Gasteiger partial charge is 0.287 e. The lowest BCUT2D eigenvalue weighted by molar-refractivity contribution is 0.0931. The van der Waals surface area contributed by atoms with Crippen molar-refractivity contribution in [3.05, 3.63) is 27.4 Å². The van der Waals surface area contributed by atoms with E-state index in [0.717, 1.165) is 12.0 Å². The van der Waals surface area contributed by atoms with Gasteiger partial charge in [-0.2, -0.15) is 0 Å². The number of benzene rings is 1. The topological polar surface area (TPSA) is 62.5 Å². The van der Waals surface area contributed by atoms with E-state index in [-0.39, 0.29) is 27.5 Å². The molecule has 0 saturated heterocycles. The van der Waals surface area contributed by atoms with Crippen molar-refractivity contribution in [1.29, 1.82) is 0 Å². The maximum Gasteiger partial charge on any atom is 0.287 e. The number of hydrogen-bond acceptors (Lipinski definition) is 3. The van der Waals surface area contributed by atoms with Gasteiger partial charge in [-0.05, 0) is 12.8 Å². The van der Waals surface area contributed by atoms with E-state index in [4.69, 9.17) is 27.6 Å². The molecule has 1 aliphatic heterocycles. The highest BCUT2D eigenvalue weighted by molar-refractivity contribution is 6.41. The largest absolute Gasteiger partial charge is 0.505 e. The number of carbonyl (C=O) groups is 1. The van der Waals surface area contributed by atoms with Gasteiger partial charge in [-0.15, -0.1) is 0 Å². The summed E-state index contributed by atoms with van der Waals surface area (Å²) in [4.78, 5) is 11.8. The summed E-state index contributed by atoms with van der Waals surface area (Å²) in [6.45, 7) is 0.599. The fraction of sp³-hybridized carbons (Fsp3) is 0.250. The van der Waals surface area contributed by atoms with E-state index in [1.165, 1.54) is 6.07 Å². The molecule has 1 aliphatic rings. The molecule has 0 saturated carbocycles. The molecule has 94 valence electrons. The predicted octanol–water partition coefficient (Wildman–Crippen LogP) is 3.12. The molecule has 0 fully saturated rings. The lowest BCUT2D eigenvalue weighted by Gasteiger charge is -2.02. The third-order valence-electron chi connectivity index (χ3n) is 3.04. The standard InChI is InChI=1S/C12H9Cl2NO3/c13-6-4-7-8(9(14)10(6)16)5-2-1-3-15-12(17)11(5)18-7/h4,16H,1-3H2,(H,15,17). The average Bonchev–Trinajstić information content (AvgIpc) is 2.61. The van der Waals surface area contributed by atoms with Gasteiger partial charge in [0.25, 0.3) is 5.91 Å². The summed E-state index contributed by atoms with van der Waals surface area (Å²) in [6.07, 6.45) is 1.47. The molecule has 2 heterocycles. The molecule has 2 N–H and O–H groups in total. The number of rotatable bonds is 0. The first-order chi connectivity index (χ1) is 8.59. The molecule has 0 aliphatic carbocycles. The molecule has 2 aromatic rings. The van der Waals surface area contributed by atoms with Crippen LogP contribution in [0, 0.1) is 0 Å². The van der Waals surface area contributed by atoms with Gasteiger partial charge in [-0.3, -0.25) is 4.79 Å². The van der Waals surface area contributed by atoms with Crippen LogP contribution in [0.3, 0.4) is 0 Å². The Labute approximate surface area is 112 Å². The van der Waals surface area contributed by atoms with Gasteiger partial charge in [-0.25, -0.2) is 0 Å². The number of nitrogens with one attached hydrogen (secondary N) is 1. The van der Waals surface area contributed by atoms with Crippen LogP contribution in [0.1, 0.15) is 22.5 Å². The summed E-state index contributed by atoms with van der Waals surface area (Å²) >= 11 is 11.9. The lowest BCUT2D eigenvalue weighted by atomic mass is 10.1. The van der Waals surface area contributed by atoms with E-state index >= 15 is 0 Å². The molecule has 18 heavy (non-hydrogen) atoms.